The molecular weight excluding hydrogens is 388 g/mol. The number of halogens is 3. The lowest BCUT2D eigenvalue weighted by Gasteiger charge is -2.07. The monoisotopic (exact) mass is 390 g/mol. The fraction of sp³-hybridized carbons (Fsp3) is 0. The molecule has 0 fully saturated rings. The standard InChI is InChI=1S/C11H5Br3O/c12-8-3-1-2-6-4-7(5-15)10(13)11(14)9(6)8/h1-5H. The fourth-order valence-corrected chi connectivity index (χ4v) is 3.37. The van der Waals surface area contributed by atoms with Gasteiger partial charge in [-0.1, -0.05) is 28.1 Å². The maximum absolute atomic E-state index is 10.8. The highest BCUT2D eigenvalue weighted by atomic mass is 79.9. The van der Waals surface area contributed by atoms with Gasteiger partial charge in [-0.3, -0.25) is 4.79 Å². The Bertz CT molecular complexity index is 549. The van der Waals surface area contributed by atoms with Crippen LogP contribution in [-0.4, -0.2) is 6.29 Å². The summed E-state index contributed by atoms with van der Waals surface area (Å²) in [5.41, 5.74) is 0.646. The zero-order valence-corrected chi connectivity index (χ0v) is 12.2. The molecule has 2 rings (SSSR count). The summed E-state index contributed by atoms with van der Waals surface area (Å²) in [5.74, 6) is 0. The Balaban J connectivity index is 2.97. The van der Waals surface area contributed by atoms with Crippen molar-refractivity contribution in [2.45, 2.75) is 0 Å². The molecule has 4 heteroatoms. The van der Waals surface area contributed by atoms with Gasteiger partial charge in [0.15, 0.2) is 6.29 Å². The lowest BCUT2D eigenvalue weighted by Crippen LogP contribution is -1.86. The van der Waals surface area contributed by atoms with Gasteiger partial charge in [-0.25, -0.2) is 0 Å². The van der Waals surface area contributed by atoms with Gasteiger partial charge in [-0.2, -0.15) is 0 Å². The molecule has 0 bridgehead atoms. The van der Waals surface area contributed by atoms with Crippen LogP contribution in [0, 0.1) is 0 Å². The van der Waals surface area contributed by atoms with E-state index in [1.807, 2.05) is 24.3 Å². The number of carbonyl (C=O) groups excluding carboxylic acids is 1. The first-order valence-corrected chi connectivity index (χ1v) is 6.54. The molecule has 76 valence electrons. The van der Waals surface area contributed by atoms with E-state index in [-0.39, 0.29) is 0 Å². The van der Waals surface area contributed by atoms with Gasteiger partial charge in [0.1, 0.15) is 0 Å². The Morgan fingerprint density at radius 1 is 1.07 bits per heavy atom. The molecule has 0 unspecified atom stereocenters. The van der Waals surface area contributed by atoms with Crippen molar-refractivity contribution in [1.82, 2.24) is 0 Å². The second-order valence-electron chi connectivity index (χ2n) is 3.05. The zero-order valence-electron chi connectivity index (χ0n) is 7.43. The summed E-state index contributed by atoms with van der Waals surface area (Å²) in [7, 11) is 0. The summed E-state index contributed by atoms with van der Waals surface area (Å²) in [5, 5.41) is 2.09. The van der Waals surface area contributed by atoms with Gasteiger partial charge >= 0.3 is 0 Å². The van der Waals surface area contributed by atoms with Crippen molar-refractivity contribution in [1.29, 1.82) is 0 Å². The third kappa shape index (κ3) is 1.90. The zero-order chi connectivity index (χ0) is 11.0. The van der Waals surface area contributed by atoms with E-state index in [0.29, 0.717) is 5.56 Å². The van der Waals surface area contributed by atoms with E-state index in [9.17, 15) is 4.79 Å². The summed E-state index contributed by atoms with van der Waals surface area (Å²) in [6.45, 7) is 0. The van der Waals surface area contributed by atoms with Crippen molar-refractivity contribution < 1.29 is 4.79 Å². The predicted octanol–water partition coefficient (Wildman–Crippen LogP) is 4.94. The quantitative estimate of drug-likeness (QED) is 0.628. The lowest BCUT2D eigenvalue weighted by molar-refractivity contribution is 0.112. The van der Waals surface area contributed by atoms with E-state index in [1.165, 1.54) is 0 Å². The first-order chi connectivity index (χ1) is 7.15. The van der Waals surface area contributed by atoms with Crippen LogP contribution in [0.5, 0.6) is 0 Å². The first kappa shape index (κ1) is 11.3. The van der Waals surface area contributed by atoms with E-state index < -0.39 is 0 Å². The van der Waals surface area contributed by atoms with Gasteiger partial charge in [0.25, 0.3) is 0 Å². The minimum atomic E-state index is 0.646. The Kier molecular flexibility index (Phi) is 3.28. The van der Waals surface area contributed by atoms with Crippen LogP contribution in [-0.2, 0) is 0 Å². The fourth-order valence-electron chi connectivity index (χ4n) is 1.45. The minimum absolute atomic E-state index is 0.646. The smallest absolute Gasteiger partial charge is 0.151 e. The van der Waals surface area contributed by atoms with Crippen LogP contribution in [0.15, 0.2) is 37.7 Å². The second kappa shape index (κ2) is 4.36. The Morgan fingerprint density at radius 3 is 2.47 bits per heavy atom. The van der Waals surface area contributed by atoms with E-state index in [4.69, 9.17) is 0 Å². The predicted molar refractivity (Wildman–Crippen MR) is 72.4 cm³/mol. The highest BCUT2D eigenvalue weighted by Crippen LogP contribution is 2.37. The second-order valence-corrected chi connectivity index (χ2v) is 5.49. The number of hydrogen-bond acceptors (Lipinski definition) is 1. The van der Waals surface area contributed by atoms with Crippen LogP contribution < -0.4 is 0 Å². The number of hydrogen-bond donors (Lipinski definition) is 0. The molecule has 0 aliphatic heterocycles. The van der Waals surface area contributed by atoms with Crippen LogP contribution in [0.4, 0.5) is 0 Å². The molecule has 0 aliphatic carbocycles. The molecule has 2 aromatic rings. The number of rotatable bonds is 1. The highest BCUT2D eigenvalue weighted by molar-refractivity contribution is 9.13. The van der Waals surface area contributed by atoms with Crippen molar-refractivity contribution in [2.24, 2.45) is 0 Å². The summed E-state index contributed by atoms with van der Waals surface area (Å²) >= 11 is 10.4. The van der Waals surface area contributed by atoms with Crippen LogP contribution >= 0.6 is 47.8 Å². The summed E-state index contributed by atoms with van der Waals surface area (Å²) in [6, 6.07) is 7.76. The van der Waals surface area contributed by atoms with Crippen LogP contribution in [0.25, 0.3) is 10.8 Å². The van der Waals surface area contributed by atoms with Crippen molar-refractivity contribution in [3.8, 4) is 0 Å². The number of aldehydes is 1. The highest BCUT2D eigenvalue weighted by Gasteiger charge is 2.10. The third-order valence-electron chi connectivity index (χ3n) is 2.15. The maximum Gasteiger partial charge on any atom is 0.151 e. The van der Waals surface area contributed by atoms with E-state index >= 15 is 0 Å². The largest absolute Gasteiger partial charge is 0.298 e. The maximum atomic E-state index is 10.8. The third-order valence-corrected chi connectivity index (χ3v) is 4.99. The van der Waals surface area contributed by atoms with Gasteiger partial charge in [0.05, 0.1) is 0 Å². The molecule has 2 aromatic carbocycles. The minimum Gasteiger partial charge on any atom is -0.298 e. The molecule has 15 heavy (non-hydrogen) atoms. The molecule has 0 aromatic heterocycles. The Hall–Kier alpha value is -0.190. The molecule has 0 spiro atoms. The van der Waals surface area contributed by atoms with Gasteiger partial charge in [0.2, 0.25) is 0 Å². The van der Waals surface area contributed by atoms with Gasteiger partial charge in [0, 0.05) is 24.4 Å². The van der Waals surface area contributed by atoms with Crippen LogP contribution in [0.1, 0.15) is 10.4 Å². The normalized spacial score (nSPS) is 10.6. The van der Waals surface area contributed by atoms with Crippen molar-refractivity contribution >= 4 is 64.8 Å². The number of carbonyl (C=O) groups is 1. The first-order valence-electron chi connectivity index (χ1n) is 4.16. The Labute approximate surface area is 112 Å². The average molecular weight is 393 g/mol. The topological polar surface area (TPSA) is 17.1 Å². The van der Waals surface area contributed by atoms with Crippen molar-refractivity contribution in [2.75, 3.05) is 0 Å². The van der Waals surface area contributed by atoms with Gasteiger partial charge in [-0.15, -0.1) is 0 Å². The summed E-state index contributed by atoms with van der Waals surface area (Å²) < 4.78 is 2.69. The summed E-state index contributed by atoms with van der Waals surface area (Å²) in [6.07, 6.45) is 0.842. The molecule has 0 saturated heterocycles. The molecule has 0 aliphatic rings. The average Bonchev–Trinajstić information content (AvgIpc) is 2.23. The molecule has 0 amide bonds. The molecule has 0 atom stereocenters. The molecule has 1 nitrogen and oxygen atoms in total. The number of fused-ring (bicyclic) bond motifs is 1. The molecular formula is C11H5Br3O. The summed E-state index contributed by atoms with van der Waals surface area (Å²) in [4.78, 5) is 10.8. The van der Waals surface area contributed by atoms with Crippen LogP contribution in [0.2, 0.25) is 0 Å². The van der Waals surface area contributed by atoms with Crippen molar-refractivity contribution in [3.63, 3.8) is 0 Å². The van der Waals surface area contributed by atoms with Gasteiger partial charge in [-0.05, 0) is 49.4 Å². The van der Waals surface area contributed by atoms with Gasteiger partial charge < -0.3 is 0 Å². The van der Waals surface area contributed by atoms with E-state index in [1.54, 1.807) is 0 Å². The van der Waals surface area contributed by atoms with E-state index in [0.717, 1.165) is 30.5 Å². The van der Waals surface area contributed by atoms with Crippen LogP contribution in [0.3, 0.4) is 0 Å². The lowest BCUT2D eigenvalue weighted by atomic mass is 10.1. The molecule has 0 saturated carbocycles. The molecule has 0 radical (unpaired) electrons. The number of benzene rings is 2. The van der Waals surface area contributed by atoms with E-state index in [2.05, 4.69) is 47.8 Å². The molecule has 0 heterocycles. The van der Waals surface area contributed by atoms with Crippen molar-refractivity contribution in [3.05, 3.63) is 43.2 Å². The SMILES string of the molecule is O=Cc1cc2cccc(Br)c2c(Br)c1Br. The molecule has 0 N–H and O–H groups in total. The Morgan fingerprint density at radius 2 is 1.80 bits per heavy atom.